The van der Waals surface area contributed by atoms with Crippen molar-refractivity contribution in [1.29, 1.82) is 0 Å². The Morgan fingerprint density at radius 2 is 1.57 bits per heavy atom. The number of nitrogens with one attached hydrogen (secondary N) is 2. The van der Waals surface area contributed by atoms with Gasteiger partial charge in [-0.3, -0.25) is 9.52 Å². The third kappa shape index (κ3) is 4.78. The van der Waals surface area contributed by atoms with Gasteiger partial charge in [-0.05, 0) is 43.7 Å². The van der Waals surface area contributed by atoms with Gasteiger partial charge >= 0.3 is 0 Å². The molecule has 0 aliphatic heterocycles. The maximum atomic E-state index is 12.7. The molecule has 0 radical (unpaired) electrons. The van der Waals surface area contributed by atoms with Crippen molar-refractivity contribution in [3.05, 3.63) is 95.1 Å². The van der Waals surface area contributed by atoms with Crippen LogP contribution in [0.2, 0.25) is 0 Å². The van der Waals surface area contributed by atoms with Crippen molar-refractivity contribution >= 4 is 21.6 Å². The van der Waals surface area contributed by atoms with E-state index < -0.39 is 10.0 Å². The summed E-state index contributed by atoms with van der Waals surface area (Å²) in [4.78, 5) is 12.8. The summed E-state index contributed by atoms with van der Waals surface area (Å²) in [6.07, 6.45) is 0. The number of hydrogen-bond acceptors (Lipinski definition) is 3. The van der Waals surface area contributed by atoms with Crippen molar-refractivity contribution < 1.29 is 13.2 Å². The summed E-state index contributed by atoms with van der Waals surface area (Å²) in [5, 5.41) is 2.84. The number of carbonyl (C=O) groups excluding carboxylic acids is 1. The van der Waals surface area contributed by atoms with Crippen LogP contribution >= 0.6 is 0 Å². The minimum Gasteiger partial charge on any atom is -0.348 e. The third-order valence-electron chi connectivity index (χ3n) is 4.28. The summed E-state index contributed by atoms with van der Waals surface area (Å²) in [6, 6.07) is 20.9. The number of rotatable bonds is 6. The standard InChI is InChI=1S/C22H22N2O3S/c1-16-10-12-19(13-11-16)28(26,27)24-21-9-4-3-8-20(21)22(25)23-15-18-7-5-6-17(2)14-18/h3-14,24H,15H2,1-2H3,(H,23,25). The van der Waals surface area contributed by atoms with E-state index in [1.54, 1.807) is 36.4 Å². The number of amides is 1. The summed E-state index contributed by atoms with van der Waals surface area (Å²) in [7, 11) is -3.79. The molecule has 6 heteroatoms. The molecule has 0 saturated carbocycles. The molecule has 0 atom stereocenters. The van der Waals surface area contributed by atoms with Crippen LogP contribution in [0.3, 0.4) is 0 Å². The highest BCUT2D eigenvalue weighted by atomic mass is 32.2. The molecule has 144 valence electrons. The number of aryl methyl sites for hydroxylation is 2. The van der Waals surface area contributed by atoms with E-state index in [1.807, 2.05) is 38.1 Å². The van der Waals surface area contributed by atoms with Crippen LogP contribution in [0, 0.1) is 13.8 Å². The van der Waals surface area contributed by atoms with Gasteiger partial charge in [0.25, 0.3) is 15.9 Å². The van der Waals surface area contributed by atoms with Crippen molar-refractivity contribution in [2.45, 2.75) is 25.3 Å². The zero-order valence-electron chi connectivity index (χ0n) is 15.8. The van der Waals surface area contributed by atoms with E-state index in [0.717, 1.165) is 16.7 Å². The first kappa shape index (κ1) is 19.6. The lowest BCUT2D eigenvalue weighted by atomic mass is 10.1. The van der Waals surface area contributed by atoms with E-state index in [9.17, 15) is 13.2 Å². The molecule has 3 rings (SSSR count). The fourth-order valence-electron chi connectivity index (χ4n) is 2.79. The summed E-state index contributed by atoms with van der Waals surface area (Å²) < 4.78 is 27.8. The molecule has 0 aliphatic rings. The minimum absolute atomic E-state index is 0.146. The van der Waals surface area contributed by atoms with Gasteiger partial charge in [0.1, 0.15) is 0 Å². The van der Waals surface area contributed by atoms with Crippen LogP contribution in [-0.4, -0.2) is 14.3 Å². The van der Waals surface area contributed by atoms with E-state index in [-0.39, 0.29) is 22.1 Å². The van der Waals surface area contributed by atoms with Crippen LogP contribution in [0.5, 0.6) is 0 Å². The molecule has 3 aromatic rings. The Morgan fingerprint density at radius 1 is 0.857 bits per heavy atom. The van der Waals surface area contributed by atoms with Crippen molar-refractivity contribution in [1.82, 2.24) is 5.32 Å². The van der Waals surface area contributed by atoms with Gasteiger partial charge in [-0.2, -0.15) is 0 Å². The van der Waals surface area contributed by atoms with Crippen molar-refractivity contribution in [3.8, 4) is 0 Å². The second-order valence-corrected chi connectivity index (χ2v) is 8.32. The lowest BCUT2D eigenvalue weighted by Crippen LogP contribution is -2.25. The first-order valence-corrected chi connectivity index (χ1v) is 10.4. The molecule has 0 aliphatic carbocycles. The monoisotopic (exact) mass is 394 g/mol. The Labute approximate surface area is 165 Å². The molecular weight excluding hydrogens is 372 g/mol. The molecule has 0 unspecified atom stereocenters. The van der Waals surface area contributed by atoms with Crippen LogP contribution in [0.15, 0.2) is 77.7 Å². The molecule has 0 heterocycles. The van der Waals surface area contributed by atoms with E-state index in [1.165, 1.54) is 12.1 Å². The molecule has 5 nitrogen and oxygen atoms in total. The molecule has 0 bridgehead atoms. The van der Waals surface area contributed by atoms with Gasteiger partial charge < -0.3 is 5.32 Å². The number of benzene rings is 3. The topological polar surface area (TPSA) is 75.3 Å². The Morgan fingerprint density at radius 3 is 2.29 bits per heavy atom. The van der Waals surface area contributed by atoms with E-state index in [0.29, 0.717) is 6.54 Å². The number of hydrogen-bond donors (Lipinski definition) is 2. The molecule has 0 fully saturated rings. The first-order valence-electron chi connectivity index (χ1n) is 8.87. The van der Waals surface area contributed by atoms with Gasteiger partial charge in [-0.15, -0.1) is 0 Å². The Balaban J connectivity index is 1.78. The number of carbonyl (C=O) groups is 1. The summed E-state index contributed by atoms with van der Waals surface area (Å²) in [5.41, 5.74) is 3.56. The lowest BCUT2D eigenvalue weighted by molar-refractivity contribution is 0.0952. The van der Waals surface area contributed by atoms with Gasteiger partial charge in [0, 0.05) is 6.54 Å². The lowest BCUT2D eigenvalue weighted by Gasteiger charge is -2.13. The smallest absolute Gasteiger partial charge is 0.261 e. The summed E-state index contributed by atoms with van der Waals surface area (Å²) in [6.45, 7) is 4.23. The van der Waals surface area contributed by atoms with Crippen molar-refractivity contribution in [3.63, 3.8) is 0 Å². The molecule has 1 amide bonds. The molecule has 3 aromatic carbocycles. The highest BCUT2D eigenvalue weighted by Gasteiger charge is 2.18. The number of anilines is 1. The first-order chi connectivity index (χ1) is 13.3. The van der Waals surface area contributed by atoms with Gasteiger partial charge in [0.05, 0.1) is 16.1 Å². The highest BCUT2D eigenvalue weighted by Crippen LogP contribution is 2.20. The second kappa shape index (κ2) is 8.27. The van der Waals surface area contributed by atoms with Gasteiger partial charge in [0.15, 0.2) is 0 Å². The SMILES string of the molecule is Cc1ccc(S(=O)(=O)Nc2ccccc2C(=O)NCc2cccc(C)c2)cc1. The van der Waals surface area contributed by atoms with Crippen molar-refractivity contribution in [2.24, 2.45) is 0 Å². The Bertz CT molecular complexity index is 1090. The van der Waals surface area contributed by atoms with Crippen LogP contribution < -0.4 is 10.0 Å². The van der Waals surface area contributed by atoms with Gasteiger partial charge in [-0.1, -0.05) is 59.7 Å². The van der Waals surface area contributed by atoms with Crippen LogP contribution in [0.1, 0.15) is 27.0 Å². The molecular formula is C22H22N2O3S. The van der Waals surface area contributed by atoms with E-state index in [2.05, 4.69) is 10.0 Å². The summed E-state index contributed by atoms with van der Waals surface area (Å²) in [5.74, 6) is -0.344. The van der Waals surface area contributed by atoms with Crippen LogP contribution in [0.4, 0.5) is 5.69 Å². The predicted octanol–water partition coefficient (Wildman–Crippen LogP) is 4.03. The number of para-hydroxylation sites is 1. The zero-order valence-corrected chi connectivity index (χ0v) is 16.6. The van der Waals surface area contributed by atoms with Crippen LogP contribution in [0.25, 0.3) is 0 Å². The van der Waals surface area contributed by atoms with Crippen molar-refractivity contribution in [2.75, 3.05) is 4.72 Å². The molecule has 0 spiro atoms. The van der Waals surface area contributed by atoms with E-state index >= 15 is 0 Å². The van der Waals surface area contributed by atoms with Gasteiger partial charge in [0.2, 0.25) is 0 Å². The fraction of sp³-hybridized carbons (Fsp3) is 0.136. The fourth-order valence-corrected chi connectivity index (χ4v) is 3.87. The quantitative estimate of drug-likeness (QED) is 0.663. The normalized spacial score (nSPS) is 11.1. The molecule has 2 N–H and O–H groups in total. The predicted molar refractivity (Wildman–Crippen MR) is 111 cm³/mol. The Hall–Kier alpha value is -3.12. The minimum atomic E-state index is -3.79. The zero-order chi connectivity index (χ0) is 20.1. The average Bonchev–Trinajstić information content (AvgIpc) is 2.67. The Kier molecular flexibility index (Phi) is 5.80. The number of sulfonamides is 1. The van der Waals surface area contributed by atoms with E-state index in [4.69, 9.17) is 0 Å². The maximum absolute atomic E-state index is 12.7. The largest absolute Gasteiger partial charge is 0.348 e. The second-order valence-electron chi connectivity index (χ2n) is 6.64. The average molecular weight is 394 g/mol. The molecule has 0 aromatic heterocycles. The highest BCUT2D eigenvalue weighted by molar-refractivity contribution is 7.92. The summed E-state index contributed by atoms with van der Waals surface area (Å²) >= 11 is 0. The van der Waals surface area contributed by atoms with Crippen LogP contribution in [-0.2, 0) is 16.6 Å². The molecule has 28 heavy (non-hydrogen) atoms. The molecule has 0 saturated heterocycles. The third-order valence-corrected chi connectivity index (χ3v) is 5.66. The van der Waals surface area contributed by atoms with Gasteiger partial charge in [-0.25, -0.2) is 8.42 Å². The maximum Gasteiger partial charge on any atom is 0.261 e.